The average Bonchev–Trinajstić information content (AvgIpc) is 3.09. The third-order valence-electron chi connectivity index (χ3n) is 5.28. The Kier molecular flexibility index (Phi) is 5.22. The molecule has 0 aromatic heterocycles. The molecule has 5 nitrogen and oxygen atoms in total. The van der Waals surface area contributed by atoms with Gasteiger partial charge in [-0.25, -0.2) is 9.38 Å². The number of fused-ring (bicyclic) bond motifs is 1. The van der Waals surface area contributed by atoms with Crippen molar-refractivity contribution in [2.45, 2.75) is 30.6 Å². The maximum absolute atomic E-state index is 14.8. The summed E-state index contributed by atoms with van der Waals surface area (Å²) in [5, 5.41) is 5.66. The second kappa shape index (κ2) is 7.48. The van der Waals surface area contributed by atoms with Crippen molar-refractivity contribution in [3.63, 3.8) is 0 Å². The molecule has 3 N–H and O–H groups in total. The Morgan fingerprint density at radius 1 is 1.48 bits per heavy atom. The van der Waals surface area contributed by atoms with E-state index in [9.17, 15) is 9.18 Å². The highest BCUT2D eigenvalue weighted by molar-refractivity contribution is 8.13. The normalized spacial score (nSPS) is 30.3. The molecule has 0 spiro atoms. The van der Waals surface area contributed by atoms with Crippen LogP contribution in [0.2, 0.25) is 0 Å². The van der Waals surface area contributed by atoms with Gasteiger partial charge in [-0.3, -0.25) is 4.79 Å². The van der Waals surface area contributed by atoms with E-state index in [1.165, 1.54) is 17.8 Å². The van der Waals surface area contributed by atoms with E-state index in [4.69, 9.17) is 10.5 Å². The van der Waals surface area contributed by atoms with E-state index < -0.39 is 5.54 Å². The molecule has 1 fully saturated rings. The van der Waals surface area contributed by atoms with E-state index in [2.05, 4.69) is 17.2 Å². The first-order valence-corrected chi connectivity index (χ1v) is 10.9. The molecule has 3 aliphatic rings. The summed E-state index contributed by atoms with van der Waals surface area (Å²) >= 11 is 3.16. The number of nitrogens with zero attached hydrogens (tertiary/aromatic N) is 1. The van der Waals surface area contributed by atoms with E-state index in [1.54, 1.807) is 23.9 Å². The molecule has 1 aromatic carbocycles. The quantitative estimate of drug-likeness (QED) is 0.802. The van der Waals surface area contributed by atoms with Crippen LogP contribution in [0.15, 0.2) is 34.2 Å². The predicted octanol–water partition coefficient (Wildman–Crippen LogP) is 3.47. The Morgan fingerprint density at radius 3 is 3.11 bits per heavy atom. The summed E-state index contributed by atoms with van der Waals surface area (Å²) < 4.78 is 20.5. The van der Waals surface area contributed by atoms with Crippen LogP contribution in [0.4, 0.5) is 10.1 Å². The van der Waals surface area contributed by atoms with Crippen molar-refractivity contribution >= 4 is 40.3 Å². The van der Waals surface area contributed by atoms with Gasteiger partial charge in [0.2, 0.25) is 0 Å². The number of anilines is 1. The van der Waals surface area contributed by atoms with Crippen molar-refractivity contribution in [1.82, 2.24) is 0 Å². The van der Waals surface area contributed by atoms with Crippen LogP contribution in [0.3, 0.4) is 0 Å². The standard InChI is InChI=1S/C19H22FN3O2S2/c1-11-6-12(8-26-11)17(24)22-14-2-3-16(20)15(7-14)19-10-25-5-4-13(19)9-27-18(21)23-19/h2-3,7-8,11,13H,4-6,9-10H2,1H3,(H2,21,23)(H,22,24). The third-order valence-corrected chi connectivity index (χ3v) is 7.29. The second-order valence-electron chi connectivity index (χ2n) is 7.17. The molecule has 1 aromatic rings. The third kappa shape index (κ3) is 3.62. The summed E-state index contributed by atoms with van der Waals surface area (Å²) in [7, 11) is 0. The molecule has 4 rings (SSSR count). The molecule has 3 heterocycles. The number of carbonyl (C=O) groups excluding carboxylic acids is 1. The van der Waals surface area contributed by atoms with Gasteiger partial charge in [-0.15, -0.1) is 11.8 Å². The van der Waals surface area contributed by atoms with Gasteiger partial charge in [0.1, 0.15) is 11.4 Å². The van der Waals surface area contributed by atoms with Crippen LogP contribution in [-0.4, -0.2) is 35.3 Å². The minimum absolute atomic E-state index is 0.138. The zero-order valence-corrected chi connectivity index (χ0v) is 16.7. The van der Waals surface area contributed by atoms with E-state index >= 15 is 0 Å². The average molecular weight is 408 g/mol. The first-order chi connectivity index (χ1) is 13.0. The van der Waals surface area contributed by atoms with Gasteiger partial charge in [0.05, 0.1) is 6.61 Å². The number of thioether (sulfide) groups is 2. The number of nitrogens with two attached hydrogens (primary N) is 1. The number of carbonyl (C=O) groups is 1. The topological polar surface area (TPSA) is 76.7 Å². The summed E-state index contributed by atoms with van der Waals surface area (Å²) in [6.07, 6.45) is 1.55. The molecule has 8 heteroatoms. The van der Waals surface area contributed by atoms with Crippen molar-refractivity contribution in [2.75, 3.05) is 24.3 Å². The molecule has 1 saturated heterocycles. The summed E-state index contributed by atoms with van der Waals surface area (Å²) in [4.78, 5) is 17.1. The number of aliphatic imine (C=N–C) groups is 1. The molecule has 3 unspecified atom stereocenters. The van der Waals surface area contributed by atoms with Crippen LogP contribution in [0.1, 0.15) is 25.3 Å². The summed E-state index contributed by atoms with van der Waals surface area (Å²) in [5.41, 5.74) is 6.92. The highest BCUT2D eigenvalue weighted by Crippen LogP contribution is 2.45. The Balaban J connectivity index is 1.66. The predicted molar refractivity (Wildman–Crippen MR) is 109 cm³/mol. The number of hydrogen-bond donors (Lipinski definition) is 2. The Morgan fingerprint density at radius 2 is 2.33 bits per heavy atom. The molecule has 27 heavy (non-hydrogen) atoms. The highest BCUT2D eigenvalue weighted by Gasteiger charge is 2.47. The maximum Gasteiger partial charge on any atom is 0.252 e. The van der Waals surface area contributed by atoms with Crippen molar-refractivity contribution in [3.8, 4) is 0 Å². The first kappa shape index (κ1) is 18.8. The Bertz CT molecular complexity index is 829. The van der Waals surface area contributed by atoms with E-state index in [0.29, 0.717) is 34.9 Å². The molecular weight excluding hydrogens is 385 g/mol. The first-order valence-electron chi connectivity index (χ1n) is 9.00. The fourth-order valence-electron chi connectivity index (χ4n) is 3.82. The second-order valence-corrected chi connectivity index (χ2v) is 9.52. The van der Waals surface area contributed by atoms with Crippen molar-refractivity contribution in [2.24, 2.45) is 16.6 Å². The molecule has 1 amide bonds. The number of rotatable bonds is 3. The van der Waals surface area contributed by atoms with Gasteiger partial charge < -0.3 is 15.8 Å². The number of benzene rings is 1. The molecular formula is C19H22FN3O2S2. The number of hydrogen-bond acceptors (Lipinski definition) is 6. The number of halogens is 1. The van der Waals surface area contributed by atoms with Crippen LogP contribution in [-0.2, 0) is 15.1 Å². The number of ether oxygens (including phenoxy) is 1. The van der Waals surface area contributed by atoms with E-state index in [-0.39, 0.29) is 17.6 Å². The van der Waals surface area contributed by atoms with Crippen molar-refractivity contribution in [3.05, 3.63) is 40.6 Å². The molecule has 0 saturated carbocycles. The van der Waals surface area contributed by atoms with Gasteiger partial charge in [-0.05, 0) is 36.4 Å². The van der Waals surface area contributed by atoms with Crippen LogP contribution in [0.5, 0.6) is 0 Å². The van der Waals surface area contributed by atoms with E-state index in [1.807, 2.05) is 5.41 Å². The van der Waals surface area contributed by atoms with E-state index in [0.717, 1.165) is 24.2 Å². The lowest BCUT2D eigenvalue weighted by Gasteiger charge is -2.43. The highest BCUT2D eigenvalue weighted by atomic mass is 32.2. The fraction of sp³-hybridized carbons (Fsp3) is 0.474. The Labute approximate surface area is 166 Å². The lowest BCUT2D eigenvalue weighted by molar-refractivity contribution is -0.112. The van der Waals surface area contributed by atoms with Gasteiger partial charge in [-0.2, -0.15) is 0 Å². The molecule has 3 atom stereocenters. The lowest BCUT2D eigenvalue weighted by atomic mass is 9.76. The zero-order chi connectivity index (χ0) is 19.0. The van der Waals surface area contributed by atoms with Gasteiger partial charge in [0.25, 0.3) is 5.91 Å². The minimum atomic E-state index is -0.824. The van der Waals surface area contributed by atoms with Gasteiger partial charge in [0.15, 0.2) is 5.17 Å². The SMILES string of the molecule is CC1CC(C(=O)Nc2ccc(F)c(C34COCCC3CSC(N)=N4)c2)=CS1. The smallest absolute Gasteiger partial charge is 0.252 e. The summed E-state index contributed by atoms with van der Waals surface area (Å²) in [5.74, 6) is 0.451. The van der Waals surface area contributed by atoms with Crippen LogP contribution in [0, 0.1) is 11.7 Å². The zero-order valence-electron chi connectivity index (χ0n) is 15.0. The van der Waals surface area contributed by atoms with Gasteiger partial charge in [-0.1, -0.05) is 18.7 Å². The summed E-state index contributed by atoms with van der Waals surface area (Å²) in [6, 6.07) is 4.66. The molecule has 0 bridgehead atoms. The Hall–Kier alpha value is -1.51. The molecule has 144 valence electrons. The largest absolute Gasteiger partial charge is 0.379 e. The number of amides is 1. The minimum Gasteiger partial charge on any atom is -0.379 e. The summed E-state index contributed by atoms with van der Waals surface area (Å²) in [6.45, 7) is 3.03. The van der Waals surface area contributed by atoms with Crippen molar-refractivity contribution < 1.29 is 13.9 Å². The van der Waals surface area contributed by atoms with Gasteiger partial charge in [0, 0.05) is 40.4 Å². The maximum atomic E-state index is 14.8. The van der Waals surface area contributed by atoms with Crippen LogP contribution >= 0.6 is 23.5 Å². The van der Waals surface area contributed by atoms with Crippen LogP contribution in [0.25, 0.3) is 0 Å². The van der Waals surface area contributed by atoms with Gasteiger partial charge >= 0.3 is 0 Å². The number of nitrogens with one attached hydrogen (secondary N) is 1. The monoisotopic (exact) mass is 407 g/mol. The lowest BCUT2D eigenvalue weighted by Crippen LogP contribution is -2.48. The molecule has 0 radical (unpaired) electrons. The molecule has 0 aliphatic carbocycles. The fourth-order valence-corrected chi connectivity index (χ4v) is 5.74. The molecule has 3 aliphatic heterocycles. The number of amidine groups is 1. The van der Waals surface area contributed by atoms with Crippen LogP contribution < -0.4 is 11.1 Å². The van der Waals surface area contributed by atoms with Crippen molar-refractivity contribution in [1.29, 1.82) is 0 Å².